The molecule has 1 aliphatic rings. The predicted octanol–water partition coefficient (Wildman–Crippen LogP) is 1.61. The van der Waals surface area contributed by atoms with E-state index in [0.29, 0.717) is 5.69 Å². The summed E-state index contributed by atoms with van der Waals surface area (Å²) in [7, 11) is 2.14. The van der Waals surface area contributed by atoms with E-state index in [2.05, 4.69) is 39.3 Å². The van der Waals surface area contributed by atoms with Gasteiger partial charge in [-0.3, -0.25) is 4.79 Å². The van der Waals surface area contributed by atoms with Crippen molar-refractivity contribution >= 4 is 17.3 Å². The zero-order chi connectivity index (χ0) is 15.4. The lowest BCUT2D eigenvalue weighted by molar-refractivity contribution is -0.115. The van der Waals surface area contributed by atoms with Gasteiger partial charge in [0.15, 0.2) is 6.39 Å². The van der Waals surface area contributed by atoms with Gasteiger partial charge in [-0.05, 0) is 31.3 Å². The number of rotatable bonds is 4. The second kappa shape index (κ2) is 6.62. The number of hydrogen-bond donors (Lipinski definition) is 1. The fraction of sp³-hybridized carbons (Fsp3) is 0.375. The van der Waals surface area contributed by atoms with Crippen LogP contribution < -0.4 is 10.2 Å². The van der Waals surface area contributed by atoms with Gasteiger partial charge in [0.25, 0.3) is 0 Å². The Kier molecular flexibility index (Phi) is 4.39. The molecule has 1 N–H and O–H groups in total. The predicted molar refractivity (Wildman–Crippen MR) is 85.0 cm³/mol. The first-order chi connectivity index (χ1) is 10.7. The molecule has 0 spiro atoms. The summed E-state index contributed by atoms with van der Waals surface area (Å²) >= 11 is 0. The summed E-state index contributed by atoms with van der Waals surface area (Å²) in [6, 6.07) is 7.98. The van der Waals surface area contributed by atoms with Crippen LogP contribution in [-0.4, -0.2) is 49.0 Å². The number of aromatic nitrogens is 1. The van der Waals surface area contributed by atoms with Crippen LogP contribution in [0.2, 0.25) is 0 Å². The number of hydrogen-bond acceptors (Lipinski definition) is 5. The number of nitrogens with zero attached hydrogens (tertiary/aromatic N) is 3. The third kappa shape index (κ3) is 3.65. The molecule has 0 saturated carbocycles. The van der Waals surface area contributed by atoms with E-state index < -0.39 is 0 Å². The topological polar surface area (TPSA) is 61.6 Å². The minimum Gasteiger partial charge on any atom is -0.451 e. The number of anilines is 2. The van der Waals surface area contributed by atoms with Crippen LogP contribution >= 0.6 is 0 Å². The van der Waals surface area contributed by atoms with Gasteiger partial charge in [-0.25, -0.2) is 4.98 Å². The Morgan fingerprint density at radius 2 is 1.95 bits per heavy atom. The summed E-state index contributed by atoms with van der Waals surface area (Å²) in [6.07, 6.45) is 3.03. The molecule has 22 heavy (non-hydrogen) atoms. The van der Waals surface area contributed by atoms with E-state index in [4.69, 9.17) is 4.42 Å². The molecule has 1 aromatic heterocycles. The molecule has 116 valence electrons. The van der Waals surface area contributed by atoms with Crippen molar-refractivity contribution in [1.82, 2.24) is 9.88 Å². The molecule has 0 radical (unpaired) electrons. The number of likely N-dealkylation sites (N-methyl/N-ethyl adjacent to an activating group) is 1. The minimum atomic E-state index is -0.0961. The highest BCUT2D eigenvalue weighted by Crippen LogP contribution is 2.19. The molecule has 6 nitrogen and oxygen atoms in total. The molecule has 1 fully saturated rings. The summed E-state index contributed by atoms with van der Waals surface area (Å²) in [4.78, 5) is 20.5. The van der Waals surface area contributed by atoms with Crippen LogP contribution in [0.15, 0.2) is 41.3 Å². The van der Waals surface area contributed by atoms with E-state index in [1.54, 1.807) is 0 Å². The van der Waals surface area contributed by atoms with Gasteiger partial charge in [0.1, 0.15) is 6.26 Å². The van der Waals surface area contributed by atoms with Crippen molar-refractivity contribution in [3.8, 4) is 0 Å². The van der Waals surface area contributed by atoms with Crippen molar-refractivity contribution in [2.45, 2.75) is 6.42 Å². The number of oxazole rings is 1. The Morgan fingerprint density at radius 1 is 1.23 bits per heavy atom. The first-order valence-corrected chi connectivity index (χ1v) is 7.41. The van der Waals surface area contributed by atoms with E-state index in [0.717, 1.165) is 31.9 Å². The minimum absolute atomic E-state index is 0.0961. The Balaban J connectivity index is 1.56. The van der Waals surface area contributed by atoms with Crippen LogP contribution in [0, 0.1) is 0 Å². The number of nitrogens with one attached hydrogen (secondary N) is 1. The molecule has 1 saturated heterocycles. The van der Waals surface area contributed by atoms with Crippen LogP contribution in [0.4, 0.5) is 11.4 Å². The lowest BCUT2D eigenvalue weighted by Gasteiger charge is -2.34. The number of carbonyl (C=O) groups excluding carboxylic acids is 1. The van der Waals surface area contributed by atoms with Gasteiger partial charge >= 0.3 is 0 Å². The number of piperazine rings is 1. The summed E-state index contributed by atoms with van der Waals surface area (Å²) in [5, 5.41) is 2.87. The third-order valence-corrected chi connectivity index (χ3v) is 3.84. The van der Waals surface area contributed by atoms with Crippen LogP contribution in [0.3, 0.4) is 0 Å². The maximum absolute atomic E-state index is 11.9. The molecule has 0 unspecified atom stereocenters. The van der Waals surface area contributed by atoms with Crippen molar-refractivity contribution in [3.05, 3.63) is 42.6 Å². The lowest BCUT2D eigenvalue weighted by atomic mass is 10.2. The number of carbonyl (C=O) groups is 1. The van der Waals surface area contributed by atoms with Crippen LogP contribution in [0.1, 0.15) is 5.69 Å². The zero-order valence-corrected chi connectivity index (χ0v) is 12.7. The lowest BCUT2D eigenvalue weighted by Crippen LogP contribution is -2.44. The van der Waals surface area contributed by atoms with Crippen molar-refractivity contribution in [2.75, 3.05) is 43.4 Å². The second-order valence-corrected chi connectivity index (χ2v) is 5.54. The molecule has 0 bridgehead atoms. The molecule has 2 aromatic rings. The summed E-state index contributed by atoms with van der Waals surface area (Å²) in [6.45, 7) is 4.23. The second-order valence-electron chi connectivity index (χ2n) is 5.54. The van der Waals surface area contributed by atoms with Crippen molar-refractivity contribution < 1.29 is 9.21 Å². The van der Waals surface area contributed by atoms with E-state index in [9.17, 15) is 4.79 Å². The average molecular weight is 300 g/mol. The Bertz CT molecular complexity index is 602. The van der Waals surface area contributed by atoms with Crippen LogP contribution in [0.5, 0.6) is 0 Å². The van der Waals surface area contributed by atoms with Gasteiger partial charge in [0.05, 0.1) is 12.1 Å². The normalized spacial score (nSPS) is 15.8. The maximum Gasteiger partial charge on any atom is 0.230 e. The first kappa shape index (κ1) is 14.6. The SMILES string of the molecule is CN1CCN(c2ccc(NC(=O)Cc3cocn3)cc2)CC1. The van der Waals surface area contributed by atoms with E-state index in [1.807, 2.05) is 12.1 Å². The maximum atomic E-state index is 11.9. The molecule has 6 heteroatoms. The van der Waals surface area contributed by atoms with E-state index in [1.165, 1.54) is 18.3 Å². The Labute approximate surface area is 129 Å². The van der Waals surface area contributed by atoms with E-state index in [-0.39, 0.29) is 12.3 Å². The largest absolute Gasteiger partial charge is 0.451 e. The third-order valence-electron chi connectivity index (χ3n) is 3.84. The number of amides is 1. The first-order valence-electron chi connectivity index (χ1n) is 7.41. The van der Waals surface area contributed by atoms with Crippen molar-refractivity contribution in [1.29, 1.82) is 0 Å². The highest BCUT2D eigenvalue weighted by Gasteiger charge is 2.14. The molecule has 0 aliphatic carbocycles. The highest BCUT2D eigenvalue weighted by molar-refractivity contribution is 5.92. The highest BCUT2D eigenvalue weighted by atomic mass is 16.3. The summed E-state index contributed by atoms with van der Waals surface area (Å²) in [5.74, 6) is -0.0961. The average Bonchev–Trinajstić information content (AvgIpc) is 3.02. The molecular weight excluding hydrogens is 280 g/mol. The zero-order valence-electron chi connectivity index (χ0n) is 12.7. The molecule has 1 aromatic carbocycles. The van der Waals surface area contributed by atoms with Gasteiger partial charge in [0.2, 0.25) is 5.91 Å². The Hall–Kier alpha value is -2.34. The summed E-state index contributed by atoms with van der Waals surface area (Å²) < 4.78 is 4.86. The molecule has 0 atom stereocenters. The smallest absolute Gasteiger partial charge is 0.230 e. The van der Waals surface area contributed by atoms with Gasteiger partial charge in [0, 0.05) is 37.6 Å². The van der Waals surface area contributed by atoms with Crippen LogP contribution in [-0.2, 0) is 11.2 Å². The molecule has 2 heterocycles. The quantitative estimate of drug-likeness (QED) is 0.929. The molecule has 3 rings (SSSR count). The fourth-order valence-electron chi connectivity index (χ4n) is 2.51. The fourth-order valence-corrected chi connectivity index (χ4v) is 2.51. The standard InChI is InChI=1S/C16H20N4O2/c1-19-6-8-20(9-7-19)15-4-2-13(3-5-15)18-16(21)10-14-11-22-12-17-14/h2-5,11-12H,6-10H2,1H3,(H,18,21). The molecular formula is C16H20N4O2. The van der Waals surface area contributed by atoms with Crippen molar-refractivity contribution in [3.63, 3.8) is 0 Å². The van der Waals surface area contributed by atoms with Gasteiger partial charge in [-0.1, -0.05) is 0 Å². The molecule has 1 amide bonds. The van der Waals surface area contributed by atoms with Gasteiger partial charge in [-0.2, -0.15) is 0 Å². The Morgan fingerprint density at radius 3 is 2.59 bits per heavy atom. The molecule has 1 aliphatic heterocycles. The van der Waals surface area contributed by atoms with Crippen molar-refractivity contribution in [2.24, 2.45) is 0 Å². The van der Waals surface area contributed by atoms with Gasteiger partial charge in [-0.15, -0.1) is 0 Å². The monoisotopic (exact) mass is 300 g/mol. The number of benzene rings is 1. The van der Waals surface area contributed by atoms with Crippen LogP contribution in [0.25, 0.3) is 0 Å². The van der Waals surface area contributed by atoms with Gasteiger partial charge < -0.3 is 19.5 Å². The summed E-state index contributed by atoms with van der Waals surface area (Å²) in [5.41, 5.74) is 2.63. The van der Waals surface area contributed by atoms with E-state index >= 15 is 0 Å².